The summed E-state index contributed by atoms with van der Waals surface area (Å²) in [5.74, 6) is 1.36. The summed E-state index contributed by atoms with van der Waals surface area (Å²) in [6.07, 6.45) is 0. The quantitative estimate of drug-likeness (QED) is 0.859. The van der Waals surface area contributed by atoms with Crippen LogP contribution in [0.25, 0.3) is 11.4 Å². The van der Waals surface area contributed by atoms with E-state index in [9.17, 15) is 5.11 Å². The van der Waals surface area contributed by atoms with Gasteiger partial charge in [-0.15, -0.1) is 0 Å². The molecule has 84 valence electrons. The Morgan fingerprint density at radius 2 is 2.06 bits per heavy atom. The van der Waals surface area contributed by atoms with Crippen molar-refractivity contribution in [2.75, 3.05) is 0 Å². The van der Waals surface area contributed by atoms with Gasteiger partial charge in [-0.05, 0) is 5.56 Å². The van der Waals surface area contributed by atoms with Crippen LogP contribution in [0, 0.1) is 0 Å². The molecule has 1 aromatic carbocycles. The van der Waals surface area contributed by atoms with Gasteiger partial charge in [-0.25, -0.2) is 0 Å². The lowest BCUT2D eigenvalue weighted by Gasteiger charge is -2.01. The summed E-state index contributed by atoms with van der Waals surface area (Å²) in [5, 5.41) is 13.1. The predicted molar refractivity (Wildman–Crippen MR) is 59.7 cm³/mol. The lowest BCUT2D eigenvalue weighted by atomic mass is 10.1. The maximum atomic E-state index is 9.21. The predicted octanol–water partition coefficient (Wildman–Crippen LogP) is 2.35. The highest BCUT2D eigenvalue weighted by Gasteiger charge is 2.13. The van der Waals surface area contributed by atoms with Crippen molar-refractivity contribution in [1.29, 1.82) is 0 Å². The van der Waals surface area contributed by atoms with Gasteiger partial charge in [0, 0.05) is 11.5 Å². The van der Waals surface area contributed by atoms with Gasteiger partial charge < -0.3 is 9.63 Å². The minimum Gasteiger partial charge on any atom is -0.392 e. The minimum absolute atomic E-state index is 0.0261. The Kier molecular flexibility index (Phi) is 3.01. The van der Waals surface area contributed by atoms with Crippen LogP contribution in [0.4, 0.5) is 0 Å². The molecule has 1 aromatic heterocycles. The highest BCUT2D eigenvalue weighted by atomic mass is 16.5. The highest BCUT2D eigenvalue weighted by molar-refractivity contribution is 5.59. The number of hydrogen-bond acceptors (Lipinski definition) is 4. The molecule has 0 aliphatic carbocycles. The van der Waals surface area contributed by atoms with E-state index < -0.39 is 0 Å². The average molecular weight is 218 g/mol. The monoisotopic (exact) mass is 218 g/mol. The fourth-order valence-corrected chi connectivity index (χ4v) is 1.46. The zero-order chi connectivity index (χ0) is 11.5. The van der Waals surface area contributed by atoms with Gasteiger partial charge in [-0.2, -0.15) is 4.98 Å². The molecule has 0 aliphatic heterocycles. The van der Waals surface area contributed by atoms with E-state index in [4.69, 9.17) is 4.52 Å². The van der Waals surface area contributed by atoms with Gasteiger partial charge in [-0.1, -0.05) is 43.3 Å². The van der Waals surface area contributed by atoms with Crippen LogP contribution in [0.1, 0.15) is 31.2 Å². The van der Waals surface area contributed by atoms with Crippen LogP contribution >= 0.6 is 0 Å². The summed E-state index contributed by atoms with van der Waals surface area (Å²) in [7, 11) is 0. The van der Waals surface area contributed by atoms with E-state index in [1.807, 2.05) is 38.1 Å². The number of aliphatic hydroxyl groups is 1. The fraction of sp³-hybridized carbons (Fsp3) is 0.333. The number of hydrogen-bond donors (Lipinski definition) is 1. The number of benzene rings is 1. The molecule has 2 aromatic rings. The third kappa shape index (κ3) is 1.97. The van der Waals surface area contributed by atoms with E-state index in [1.165, 1.54) is 0 Å². The first kappa shape index (κ1) is 10.8. The van der Waals surface area contributed by atoms with E-state index in [0.717, 1.165) is 11.1 Å². The lowest BCUT2D eigenvalue weighted by molar-refractivity contribution is 0.282. The Morgan fingerprint density at radius 1 is 1.31 bits per heavy atom. The van der Waals surface area contributed by atoms with Crippen molar-refractivity contribution in [3.8, 4) is 11.4 Å². The molecule has 2 rings (SSSR count). The molecule has 4 heteroatoms. The van der Waals surface area contributed by atoms with Crippen molar-refractivity contribution < 1.29 is 9.63 Å². The lowest BCUT2D eigenvalue weighted by Crippen LogP contribution is -1.91. The molecule has 0 saturated carbocycles. The van der Waals surface area contributed by atoms with E-state index in [0.29, 0.717) is 11.7 Å². The number of aromatic nitrogens is 2. The van der Waals surface area contributed by atoms with Gasteiger partial charge >= 0.3 is 0 Å². The molecule has 0 unspecified atom stereocenters. The fourth-order valence-electron chi connectivity index (χ4n) is 1.46. The van der Waals surface area contributed by atoms with Crippen molar-refractivity contribution in [2.24, 2.45) is 0 Å². The molecule has 0 radical (unpaired) electrons. The van der Waals surface area contributed by atoms with E-state index >= 15 is 0 Å². The van der Waals surface area contributed by atoms with Crippen LogP contribution in [0.3, 0.4) is 0 Å². The molecule has 1 N–H and O–H groups in total. The Labute approximate surface area is 93.9 Å². The van der Waals surface area contributed by atoms with Crippen molar-refractivity contribution >= 4 is 0 Å². The summed E-state index contributed by atoms with van der Waals surface area (Å²) in [4.78, 5) is 4.30. The first-order valence-corrected chi connectivity index (χ1v) is 5.25. The van der Waals surface area contributed by atoms with Crippen LogP contribution in [0.5, 0.6) is 0 Å². The second-order valence-electron chi connectivity index (χ2n) is 3.93. The van der Waals surface area contributed by atoms with Crippen LogP contribution in [-0.4, -0.2) is 15.2 Å². The van der Waals surface area contributed by atoms with Crippen molar-refractivity contribution in [2.45, 2.75) is 26.4 Å². The summed E-state index contributed by atoms with van der Waals surface area (Å²) < 4.78 is 5.14. The van der Waals surface area contributed by atoms with E-state index in [1.54, 1.807) is 0 Å². The molecule has 16 heavy (non-hydrogen) atoms. The van der Waals surface area contributed by atoms with Crippen molar-refractivity contribution in [3.05, 3.63) is 35.7 Å². The third-order valence-corrected chi connectivity index (χ3v) is 2.36. The molecule has 0 spiro atoms. The second-order valence-corrected chi connectivity index (χ2v) is 3.93. The Morgan fingerprint density at radius 3 is 2.69 bits per heavy atom. The van der Waals surface area contributed by atoms with Crippen LogP contribution in [0.15, 0.2) is 28.8 Å². The standard InChI is InChI=1S/C12H14N2O2/c1-8(2)12-13-11(14-16-12)10-6-4-3-5-9(10)7-15/h3-6,8,15H,7H2,1-2H3. The number of rotatable bonds is 3. The van der Waals surface area contributed by atoms with Crippen LogP contribution < -0.4 is 0 Å². The van der Waals surface area contributed by atoms with Gasteiger partial charge in [0.05, 0.1) is 6.61 Å². The van der Waals surface area contributed by atoms with E-state index in [-0.39, 0.29) is 12.5 Å². The van der Waals surface area contributed by atoms with Gasteiger partial charge in [0.2, 0.25) is 11.7 Å². The van der Waals surface area contributed by atoms with Crippen molar-refractivity contribution in [3.63, 3.8) is 0 Å². The first-order chi connectivity index (χ1) is 7.72. The number of aliphatic hydroxyl groups excluding tert-OH is 1. The molecule has 0 aliphatic rings. The summed E-state index contributed by atoms with van der Waals surface area (Å²) >= 11 is 0. The Bertz CT molecular complexity index is 477. The summed E-state index contributed by atoms with van der Waals surface area (Å²) in [5.41, 5.74) is 1.62. The Balaban J connectivity index is 2.42. The number of nitrogens with zero attached hydrogens (tertiary/aromatic N) is 2. The first-order valence-electron chi connectivity index (χ1n) is 5.25. The van der Waals surface area contributed by atoms with Gasteiger partial charge in [-0.3, -0.25) is 0 Å². The molecular formula is C12H14N2O2. The van der Waals surface area contributed by atoms with Crippen LogP contribution in [-0.2, 0) is 6.61 Å². The summed E-state index contributed by atoms with van der Waals surface area (Å²) in [6.45, 7) is 3.96. The third-order valence-electron chi connectivity index (χ3n) is 2.36. The Hall–Kier alpha value is -1.68. The minimum atomic E-state index is -0.0261. The SMILES string of the molecule is CC(C)c1nc(-c2ccccc2CO)no1. The maximum Gasteiger partial charge on any atom is 0.229 e. The van der Waals surface area contributed by atoms with Gasteiger partial charge in [0.15, 0.2) is 0 Å². The molecule has 0 bridgehead atoms. The van der Waals surface area contributed by atoms with Gasteiger partial charge in [0.25, 0.3) is 0 Å². The smallest absolute Gasteiger partial charge is 0.229 e. The molecular weight excluding hydrogens is 204 g/mol. The van der Waals surface area contributed by atoms with Crippen LogP contribution in [0.2, 0.25) is 0 Å². The van der Waals surface area contributed by atoms with Crippen molar-refractivity contribution in [1.82, 2.24) is 10.1 Å². The topological polar surface area (TPSA) is 59.2 Å². The molecule has 0 saturated heterocycles. The molecule has 0 atom stereocenters. The molecule has 4 nitrogen and oxygen atoms in total. The zero-order valence-corrected chi connectivity index (χ0v) is 9.34. The maximum absolute atomic E-state index is 9.21. The normalized spacial score (nSPS) is 11.0. The van der Waals surface area contributed by atoms with E-state index in [2.05, 4.69) is 10.1 Å². The summed E-state index contributed by atoms with van der Waals surface area (Å²) in [6, 6.07) is 7.49. The molecule has 0 fully saturated rings. The second kappa shape index (κ2) is 4.45. The molecule has 0 amide bonds. The molecule has 1 heterocycles. The zero-order valence-electron chi connectivity index (χ0n) is 9.34. The largest absolute Gasteiger partial charge is 0.392 e. The average Bonchev–Trinajstić information content (AvgIpc) is 2.78. The van der Waals surface area contributed by atoms with Gasteiger partial charge in [0.1, 0.15) is 0 Å². The highest BCUT2D eigenvalue weighted by Crippen LogP contribution is 2.22.